The summed E-state index contributed by atoms with van der Waals surface area (Å²) < 4.78 is 26.7. The van der Waals surface area contributed by atoms with E-state index in [0.29, 0.717) is 10.8 Å². The number of rotatable bonds is 4. The Balaban J connectivity index is 2.38. The molecule has 0 aliphatic rings. The van der Waals surface area contributed by atoms with Crippen molar-refractivity contribution >= 4 is 32.2 Å². The molecule has 0 aliphatic carbocycles. The minimum absolute atomic E-state index is 0.135. The summed E-state index contributed by atoms with van der Waals surface area (Å²) >= 11 is 1.33. The van der Waals surface area contributed by atoms with Crippen molar-refractivity contribution in [3.63, 3.8) is 0 Å². The molecule has 0 aliphatic heterocycles. The van der Waals surface area contributed by atoms with Gasteiger partial charge in [0, 0.05) is 13.2 Å². The minimum atomic E-state index is -3.59. The van der Waals surface area contributed by atoms with Gasteiger partial charge in [-0.25, -0.2) is 13.4 Å². The highest BCUT2D eigenvalue weighted by Gasteiger charge is 2.18. The van der Waals surface area contributed by atoms with E-state index >= 15 is 0 Å². The van der Waals surface area contributed by atoms with E-state index < -0.39 is 10.0 Å². The Bertz CT molecular complexity index is 594. The molecule has 0 unspecified atom stereocenters. The van der Waals surface area contributed by atoms with Gasteiger partial charge in [0.15, 0.2) is 0 Å². The number of pyridine rings is 1. The van der Waals surface area contributed by atoms with Crippen LogP contribution in [0.15, 0.2) is 40.7 Å². The van der Waals surface area contributed by atoms with Gasteiger partial charge >= 0.3 is 0 Å². The lowest BCUT2D eigenvalue weighted by Crippen LogP contribution is -2.14. The van der Waals surface area contributed by atoms with Crippen molar-refractivity contribution in [2.45, 2.75) is 4.90 Å². The fourth-order valence-electron chi connectivity index (χ4n) is 1.32. The van der Waals surface area contributed by atoms with Crippen LogP contribution in [0.25, 0.3) is 0 Å². The molecule has 0 amide bonds. The van der Waals surface area contributed by atoms with Gasteiger partial charge in [-0.1, -0.05) is 0 Å². The lowest BCUT2D eigenvalue weighted by molar-refractivity contribution is 0.601. The van der Waals surface area contributed by atoms with E-state index in [1.807, 2.05) is 0 Å². The second kappa shape index (κ2) is 4.72. The maximum atomic E-state index is 12.1. The number of anilines is 2. The zero-order valence-electron chi connectivity index (χ0n) is 9.04. The Kier molecular flexibility index (Phi) is 3.30. The Labute approximate surface area is 104 Å². The van der Waals surface area contributed by atoms with Crippen LogP contribution in [0.1, 0.15) is 0 Å². The van der Waals surface area contributed by atoms with Crippen LogP contribution in [0.2, 0.25) is 0 Å². The van der Waals surface area contributed by atoms with Crippen LogP contribution < -0.4 is 10.0 Å². The summed E-state index contributed by atoms with van der Waals surface area (Å²) in [5, 5.41) is 5.14. The highest BCUT2D eigenvalue weighted by atomic mass is 32.2. The fraction of sp³-hybridized carbons (Fsp3) is 0.100. The number of nitrogens with one attached hydrogen (secondary N) is 2. The maximum absolute atomic E-state index is 12.1. The van der Waals surface area contributed by atoms with E-state index in [9.17, 15) is 8.42 Å². The Morgan fingerprint density at radius 2 is 2.12 bits per heavy atom. The van der Waals surface area contributed by atoms with Crippen molar-refractivity contribution in [3.05, 3.63) is 35.8 Å². The first-order valence-electron chi connectivity index (χ1n) is 4.82. The molecule has 5 nitrogen and oxygen atoms in total. The van der Waals surface area contributed by atoms with Crippen molar-refractivity contribution < 1.29 is 8.42 Å². The van der Waals surface area contributed by atoms with Crippen molar-refractivity contribution in [3.8, 4) is 0 Å². The quantitative estimate of drug-likeness (QED) is 0.890. The molecule has 0 bridgehead atoms. The topological polar surface area (TPSA) is 71.1 Å². The normalized spacial score (nSPS) is 11.1. The summed E-state index contributed by atoms with van der Waals surface area (Å²) in [4.78, 5) is 4.10. The van der Waals surface area contributed by atoms with Crippen LogP contribution in [0, 0.1) is 0 Å². The summed E-state index contributed by atoms with van der Waals surface area (Å²) in [7, 11) is -1.96. The monoisotopic (exact) mass is 269 g/mol. The van der Waals surface area contributed by atoms with Gasteiger partial charge in [0.05, 0.1) is 0 Å². The van der Waals surface area contributed by atoms with E-state index in [0.717, 1.165) is 0 Å². The zero-order valence-corrected chi connectivity index (χ0v) is 10.7. The van der Waals surface area contributed by atoms with Crippen LogP contribution in [-0.4, -0.2) is 20.4 Å². The maximum Gasteiger partial charge on any atom is 0.266 e. The number of thiophene rings is 1. The lowest BCUT2D eigenvalue weighted by atomic mass is 10.5. The molecule has 0 radical (unpaired) electrons. The minimum Gasteiger partial charge on any atom is -0.372 e. The molecule has 0 atom stereocenters. The molecule has 17 heavy (non-hydrogen) atoms. The van der Waals surface area contributed by atoms with Gasteiger partial charge in [-0.15, -0.1) is 11.3 Å². The number of sulfonamides is 1. The second-order valence-corrected chi connectivity index (χ2v) is 5.78. The van der Waals surface area contributed by atoms with Gasteiger partial charge in [0.1, 0.15) is 15.7 Å². The van der Waals surface area contributed by atoms with Gasteiger partial charge in [-0.2, -0.15) is 0 Å². The molecule has 0 spiro atoms. The van der Waals surface area contributed by atoms with Gasteiger partial charge in [0.2, 0.25) is 0 Å². The first kappa shape index (κ1) is 11.9. The van der Waals surface area contributed by atoms with Crippen molar-refractivity contribution in [1.29, 1.82) is 0 Å². The first-order valence-corrected chi connectivity index (χ1v) is 7.19. The van der Waals surface area contributed by atoms with Gasteiger partial charge < -0.3 is 5.32 Å². The van der Waals surface area contributed by atoms with Gasteiger partial charge in [0.25, 0.3) is 10.0 Å². The van der Waals surface area contributed by atoms with E-state index in [4.69, 9.17) is 0 Å². The summed E-state index contributed by atoms with van der Waals surface area (Å²) in [6, 6.07) is 6.58. The molecular weight excluding hydrogens is 258 g/mol. The average Bonchev–Trinajstić information content (AvgIpc) is 2.81. The number of aromatic nitrogens is 1. The standard InChI is InChI=1S/C10H11N3O2S2/c1-11-10-8(4-2-6-12-10)17(14,15)13-9-5-3-7-16-9/h2-7,13H,1H3,(H,11,12). The molecule has 0 saturated carbocycles. The third kappa shape index (κ3) is 2.56. The highest BCUT2D eigenvalue weighted by molar-refractivity contribution is 7.93. The largest absolute Gasteiger partial charge is 0.372 e. The molecular formula is C10H11N3O2S2. The SMILES string of the molecule is CNc1ncccc1S(=O)(=O)Nc1cccs1. The predicted molar refractivity (Wildman–Crippen MR) is 68.9 cm³/mol. The zero-order chi connectivity index (χ0) is 12.3. The molecule has 2 rings (SSSR count). The Hall–Kier alpha value is -1.60. The number of hydrogen-bond acceptors (Lipinski definition) is 5. The number of hydrogen-bond donors (Lipinski definition) is 2. The fourth-order valence-corrected chi connectivity index (χ4v) is 3.41. The smallest absolute Gasteiger partial charge is 0.266 e. The number of nitrogens with zero attached hydrogens (tertiary/aromatic N) is 1. The predicted octanol–water partition coefficient (Wildman–Crippen LogP) is 1.99. The molecule has 2 aromatic heterocycles. The van der Waals surface area contributed by atoms with Crippen LogP contribution in [0.4, 0.5) is 10.8 Å². The van der Waals surface area contributed by atoms with Crippen molar-refractivity contribution in [2.24, 2.45) is 0 Å². The Morgan fingerprint density at radius 3 is 2.76 bits per heavy atom. The Morgan fingerprint density at radius 1 is 1.29 bits per heavy atom. The van der Waals surface area contributed by atoms with E-state index in [-0.39, 0.29) is 4.90 Å². The molecule has 0 fully saturated rings. The summed E-state index contributed by atoms with van der Waals surface area (Å²) in [5.41, 5.74) is 0. The third-order valence-electron chi connectivity index (χ3n) is 2.05. The highest BCUT2D eigenvalue weighted by Crippen LogP contribution is 2.23. The third-order valence-corrected chi connectivity index (χ3v) is 4.36. The van der Waals surface area contributed by atoms with Crippen LogP contribution >= 0.6 is 11.3 Å². The van der Waals surface area contributed by atoms with E-state index in [1.165, 1.54) is 23.6 Å². The summed E-state index contributed by atoms with van der Waals surface area (Å²) in [5.74, 6) is 0.330. The molecule has 0 saturated heterocycles. The lowest BCUT2D eigenvalue weighted by Gasteiger charge is -2.09. The second-order valence-electron chi connectivity index (χ2n) is 3.18. The van der Waals surface area contributed by atoms with Crippen molar-refractivity contribution in [2.75, 3.05) is 17.1 Å². The van der Waals surface area contributed by atoms with Crippen LogP contribution in [-0.2, 0) is 10.0 Å². The molecule has 7 heteroatoms. The van der Waals surface area contributed by atoms with Crippen LogP contribution in [0.3, 0.4) is 0 Å². The first-order chi connectivity index (χ1) is 8.13. The van der Waals surface area contributed by atoms with Crippen LogP contribution in [0.5, 0.6) is 0 Å². The van der Waals surface area contributed by atoms with Gasteiger partial charge in [-0.3, -0.25) is 4.72 Å². The van der Waals surface area contributed by atoms with E-state index in [1.54, 1.807) is 30.6 Å². The summed E-state index contributed by atoms with van der Waals surface area (Å²) in [6.07, 6.45) is 1.54. The van der Waals surface area contributed by atoms with Crippen molar-refractivity contribution in [1.82, 2.24) is 4.98 Å². The summed E-state index contributed by atoms with van der Waals surface area (Å²) in [6.45, 7) is 0. The molecule has 2 N–H and O–H groups in total. The van der Waals surface area contributed by atoms with Gasteiger partial charge in [-0.05, 0) is 29.6 Å². The van der Waals surface area contributed by atoms with E-state index in [2.05, 4.69) is 15.0 Å². The molecule has 0 aromatic carbocycles. The average molecular weight is 269 g/mol. The molecule has 2 aromatic rings. The molecule has 2 heterocycles. The molecule has 90 valence electrons.